The summed E-state index contributed by atoms with van der Waals surface area (Å²) in [7, 11) is 0. The Labute approximate surface area is 115 Å². The molecule has 0 spiro atoms. The predicted octanol–water partition coefficient (Wildman–Crippen LogP) is 3.55. The van der Waals surface area contributed by atoms with E-state index in [0.29, 0.717) is 12.0 Å². The van der Waals surface area contributed by atoms with Gasteiger partial charge in [-0.2, -0.15) is 0 Å². The third kappa shape index (κ3) is 3.27. The third-order valence-corrected chi connectivity index (χ3v) is 4.31. The first-order valence-corrected chi connectivity index (χ1v) is 7.15. The van der Waals surface area contributed by atoms with Crippen LogP contribution in [0.4, 0.5) is 10.1 Å². The average molecular weight is 264 g/mol. The highest BCUT2D eigenvalue weighted by molar-refractivity contribution is 5.49. The predicted molar refractivity (Wildman–Crippen MR) is 78.7 cm³/mol. The van der Waals surface area contributed by atoms with Crippen molar-refractivity contribution in [3.05, 3.63) is 29.6 Å². The number of piperidine rings is 1. The Morgan fingerprint density at radius 3 is 2.37 bits per heavy atom. The number of anilines is 1. The van der Waals surface area contributed by atoms with Crippen LogP contribution in [0, 0.1) is 17.2 Å². The zero-order valence-electron chi connectivity index (χ0n) is 12.2. The lowest BCUT2D eigenvalue weighted by Crippen LogP contribution is -2.38. The molecular formula is C16H25FN2. The van der Waals surface area contributed by atoms with Crippen LogP contribution in [0.3, 0.4) is 0 Å². The van der Waals surface area contributed by atoms with E-state index in [0.717, 1.165) is 43.1 Å². The monoisotopic (exact) mass is 264 g/mol. The molecule has 19 heavy (non-hydrogen) atoms. The first-order chi connectivity index (χ1) is 8.91. The lowest BCUT2D eigenvalue weighted by Gasteiger charge is -2.39. The zero-order valence-corrected chi connectivity index (χ0v) is 12.2. The molecule has 0 saturated carbocycles. The molecule has 0 amide bonds. The summed E-state index contributed by atoms with van der Waals surface area (Å²) in [6.07, 6.45) is 2.28. The van der Waals surface area contributed by atoms with Gasteiger partial charge in [0.1, 0.15) is 5.82 Å². The molecule has 0 radical (unpaired) electrons. The summed E-state index contributed by atoms with van der Waals surface area (Å²) in [5, 5.41) is 0. The third-order valence-electron chi connectivity index (χ3n) is 4.31. The Balaban J connectivity index is 2.06. The fourth-order valence-corrected chi connectivity index (χ4v) is 2.92. The summed E-state index contributed by atoms with van der Waals surface area (Å²) >= 11 is 0. The molecule has 1 aliphatic heterocycles. The minimum Gasteiger partial charge on any atom is -0.369 e. The zero-order chi connectivity index (χ0) is 14.0. The fraction of sp³-hybridized carbons (Fsp3) is 0.625. The second-order valence-electron chi connectivity index (χ2n) is 6.62. The molecular weight excluding hydrogens is 239 g/mol. The Morgan fingerprint density at radius 2 is 1.89 bits per heavy atom. The lowest BCUT2D eigenvalue weighted by atomic mass is 9.75. The van der Waals surface area contributed by atoms with E-state index < -0.39 is 0 Å². The standard InChI is InChI=1S/C16H25FN2/c1-16(2,3)13-6-8-19(9-7-13)15-5-4-12(11-18)10-14(15)17/h4-5,10,13H,6-9,11,18H2,1-3H3. The van der Waals surface area contributed by atoms with Gasteiger partial charge in [0, 0.05) is 19.6 Å². The molecule has 1 saturated heterocycles. The number of nitrogens with zero attached hydrogens (tertiary/aromatic N) is 1. The van der Waals surface area contributed by atoms with E-state index in [9.17, 15) is 4.39 Å². The van der Waals surface area contributed by atoms with Gasteiger partial charge < -0.3 is 10.6 Å². The van der Waals surface area contributed by atoms with E-state index in [2.05, 4.69) is 25.7 Å². The Hall–Kier alpha value is -1.09. The van der Waals surface area contributed by atoms with E-state index >= 15 is 0 Å². The van der Waals surface area contributed by atoms with Crippen molar-refractivity contribution in [2.24, 2.45) is 17.1 Å². The number of halogens is 1. The largest absolute Gasteiger partial charge is 0.369 e. The topological polar surface area (TPSA) is 29.3 Å². The van der Waals surface area contributed by atoms with Crippen molar-refractivity contribution in [3.63, 3.8) is 0 Å². The number of benzene rings is 1. The van der Waals surface area contributed by atoms with Gasteiger partial charge in [-0.05, 0) is 41.9 Å². The van der Waals surface area contributed by atoms with Crippen molar-refractivity contribution in [2.75, 3.05) is 18.0 Å². The van der Waals surface area contributed by atoms with Gasteiger partial charge >= 0.3 is 0 Å². The highest BCUT2D eigenvalue weighted by atomic mass is 19.1. The quantitative estimate of drug-likeness (QED) is 0.885. The van der Waals surface area contributed by atoms with E-state index in [1.54, 1.807) is 6.07 Å². The highest BCUT2D eigenvalue weighted by Crippen LogP contribution is 2.36. The maximum atomic E-state index is 14.1. The lowest BCUT2D eigenvalue weighted by molar-refractivity contribution is 0.198. The van der Waals surface area contributed by atoms with Gasteiger partial charge in [-0.3, -0.25) is 0 Å². The van der Waals surface area contributed by atoms with Crippen molar-refractivity contribution in [1.82, 2.24) is 0 Å². The molecule has 0 bridgehead atoms. The van der Waals surface area contributed by atoms with Crippen molar-refractivity contribution >= 4 is 5.69 Å². The van der Waals surface area contributed by atoms with Crippen LogP contribution in [0.25, 0.3) is 0 Å². The van der Waals surface area contributed by atoms with E-state index in [1.807, 2.05) is 12.1 Å². The number of rotatable bonds is 2. The van der Waals surface area contributed by atoms with Gasteiger partial charge in [-0.1, -0.05) is 26.8 Å². The van der Waals surface area contributed by atoms with Crippen LogP contribution < -0.4 is 10.6 Å². The Kier molecular flexibility index (Phi) is 4.14. The van der Waals surface area contributed by atoms with Crippen LogP contribution in [-0.4, -0.2) is 13.1 Å². The fourth-order valence-electron chi connectivity index (χ4n) is 2.92. The summed E-state index contributed by atoms with van der Waals surface area (Å²) in [6.45, 7) is 9.17. The van der Waals surface area contributed by atoms with Crippen molar-refractivity contribution < 1.29 is 4.39 Å². The molecule has 0 aliphatic carbocycles. The summed E-state index contributed by atoms with van der Waals surface area (Å²) < 4.78 is 14.1. The minimum atomic E-state index is -0.142. The molecule has 2 rings (SSSR count). The minimum absolute atomic E-state index is 0.142. The molecule has 2 N–H and O–H groups in total. The second kappa shape index (κ2) is 5.49. The molecule has 106 valence electrons. The number of hydrogen-bond donors (Lipinski definition) is 1. The first kappa shape index (κ1) is 14.3. The van der Waals surface area contributed by atoms with E-state index in [1.165, 1.54) is 0 Å². The van der Waals surface area contributed by atoms with Crippen LogP contribution in [0.15, 0.2) is 18.2 Å². The highest BCUT2D eigenvalue weighted by Gasteiger charge is 2.29. The molecule has 1 heterocycles. The van der Waals surface area contributed by atoms with Crippen LogP contribution in [0.5, 0.6) is 0 Å². The van der Waals surface area contributed by atoms with Gasteiger partial charge in [0.15, 0.2) is 0 Å². The van der Waals surface area contributed by atoms with Crippen molar-refractivity contribution in [2.45, 2.75) is 40.2 Å². The molecule has 0 atom stereocenters. The second-order valence-corrected chi connectivity index (χ2v) is 6.62. The number of hydrogen-bond acceptors (Lipinski definition) is 2. The summed E-state index contributed by atoms with van der Waals surface area (Å²) in [6, 6.07) is 5.36. The van der Waals surface area contributed by atoms with Crippen LogP contribution in [0.2, 0.25) is 0 Å². The van der Waals surface area contributed by atoms with E-state index in [-0.39, 0.29) is 5.82 Å². The molecule has 2 nitrogen and oxygen atoms in total. The molecule has 1 aliphatic rings. The molecule has 1 fully saturated rings. The van der Waals surface area contributed by atoms with Gasteiger partial charge in [0.2, 0.25) is 0 Å². The normalized spacial score (nSPS) is 17.8. The van der Waals surface area contributed by atoms with E-state index in [4.69, 9.17) is 5.73 Å². The maximum Gasteiger partial charge on any atom is 0.146 e. The summed E-state index contributed by atoms with van der Waals surface area (Å²) in [5.74, 6) is 0.590. The SMILES string of the molecule is CC(C)(C)C1CCN(c2ccc(CN)cc2F)CC1. The first-order valence-electron chi connectivity index (χ1n) is 7.15. The smallest absolute Gasteiger partial charge is 0.146 e. The van der Waals surface area contributed by atoms with Gasteiger partial charge in [0.25, 0.3) is 0 Å². The molecule has 0 aromatic heterocycles. The Morgan fingerprint density at radius 1 is 1.26 bits per heavy atom. The average Bonchev–Trinajstić information content (AvgIpc) is 2.37. The summed E-state index contributed by atoms with van der Waals surface area (Å²) in [4.78, 5) is 2.16. The van der Waals surface area contributed by atoms with Crippen LogP contribution >= 0.6 is 0 Å². The maximum absolute atomic E-state index is 14.1. The Bertz CT molecular complexity index is 429. The summed E-state index contributed by atoms with van der Waals surface area (Å²) in [5.41, 5.74) is 7.47. The number of nitrogens with two attached hydrogens (primary N) is 1. The van der Waals surface area contributed by atoms with Gasteiger partial charge in [0.05, 0.1) is 5.69 Å². The van der Waals surface area contributed by atoms with Gasteiger partial charge in [-0.15, -0.1) is 0 Å². The molecule has 1 aromatic carbocycles. The van der Waals surface area contributed by atoms with Crippen molar-refractivity contribution in [3.8, 4) is 0 Å². The van der Waals surface area contributed by atoms with Gasteiger partial charge in [-0.25, -0.2) is 4.39 Å². The van der Waals surface area contributed by atoms with Crippen LogP contribution in [-0.2, 0) is 6.54 Å². The van der Waals surface area contributed by atoms with Crippen LogP contribution in [0.1, 0.15) is 39.2 Å². The van der Waals surface area contributed by atoms with Crippen molar-refractivity contribution in [1.29, 1.82) is 0 Å². The molecule has 3 heteroatoms. The molecule has 1 aromatic rings. The molecule has 0 unspecified atom stereocenters.